The second kappa shape index (κ2) is 3.95. The third-order valence-electron chi connectivity index (χ3n) is 1.76. The summed E-state index contributed by atoms with van der Waals surface area (Å²) in [6, 6.07) is 3.51. The van der Waals surface area contributed by atoms with Crippen LogP contribution in [0.15, 0.2) is 12.1 Å². The highest BCUT2D eigenvalue weighted by atomic mass is 127. The van der Waals surface area contributed by atoms with Crippen molar-refractivity contribution in [2.45, 2.75) is 6.92 Å². The quantitative estimate of drug-likeness (QED) is 0.489. The second-order valence-electron chi connectivity index (χ2n) is 2.68. The molecule has 0 aliphatic heterocycles. The van der Waals surface area contributed by atoms with Gasteiger partial charge in [0.25, 0.3) is 0 Å². The van der Waals surface area contributed by atoms with Gasteiger partial charge in [-0.25, -0.2) is 4.79 Å². The molecule has 0 heterocycles. The fourth-order valence-corrected chi connectivity index (χ4v) is 1.80. The van der Waals surface area contributed by atoms with Gasteiger partial charge in [0.15, 0.2) is 0 Å². The van der Waals surface area contributed by atoms with E-state index in [1.54, 1.807) is 6.07 Å². The lowest BCUT2D eigenvalue weighted by atomic mass is 10.1. The van der Waals surface area contributed by atoms with Crippen molar-refractivity contribution in [3.8, 4) is 0 Å². The first-order valence-corrected chi connectivity index (χ1v) is 4.78. The van der Waals surface area contributed by atoms with Crippen LogP contribution < -0.4 is 5.73 Å². The predicted molar refractivity (Wildman–Crippen MR) is 59.6 cm³/mol. The summed E-state index contributed by atoms with van der Waals surface area (Å²) < 4.78 is 5.47. The van der Waals surface area contributed by atoms with E-state index in [0.717, 1.165) is 9.13 Å². The number of ether oxygens (including phenoxy) is 1. The zero-order valence-electron chi connectivity index (χ0n) is 7.43. The average Bonchev–Trinajstić information content (AvgIpc) is 2.10. The summed E-state index contributed by atoms with van der Waals surface area (Å²) in [7, 11) is 1.36. The third-order valence-corrected chi connectivity index (χ3v) is 2.65. The van der Waals surface area contributed by atoms with Gasteiger partial charge in [-0.05, 0) is 47.2 Å². The maximum Gasteiger partial charge on any atom is 0.339 e. The van der Waals surface area contributed by atoms with E-state index in [1.165, 1.54) is 7.11 Å². The van der Waals surface area contributed by atoms with Crippen LogP contribution in [0.2, 0.25) is 0 Å². The van der Waals surface area contributed by atoms with Crippen molar-refractivity contribution in [3.63, 3.8) is 0 Å². The Morgan fingerprint density at radius 3 is 2.69 bits per heavy atom. The number of methoxy groups -OCH3 is 1. The predicted octanol–water partition coefficient (Wildman–Crippen LogP) is 1.97. The van der Waals surface area contributed by atoms with Gasteiger partial charge in [-0.3, -0.25) is 0 Å². The van der Waals surface area contributed by atoms with Gasteiger partial charge in [0, 0.05) is 9.26 Å². The molecule has 0 bridgehead atoms. The van der Waals surface area contributed by atoms with E-state index in [1.807, 2.05) is 13.0 Å². The number of hydrogen-bond acceptors (Lipinski definition) is 3. The summed E-state index contributed by atoms with van der Waals surface area (Å²) in [4.78, 5) is 11.2. The van der Waals surface area contributed by atoms with E-state index >= 15 is 0 Å². The van der Waals surface area contributed by atoms with Crippen molar-refractivity contribution in [2.75, 3.05) is 12.8 Å². The van der Waals surface area contributed by atoms with Crippen LogP contribution in [0.1, 0.15) is 15.9 Å². The molecule has 0 radical (unpaired) electrons. The number of halogens is 1. The molecule has 0 aliphatic carbocycles. The molecule has 13 heavy (non-hydrogen) atoms. The highest BCUT2D eigenvalue weighted by Gasteiger charge is 2.11. The van der Waals surface area contributed by atoms with Gasteiger partial charge in [-0.2, -0.15) is 0 Å². The molecule has 3 nitrogen and oxygen atoms in total. The van der Waals surface area contributed by atoms with Crippen LogP contribution in [0.25, 0.3) is 0 Å². The Hall–Kier alpha value is -0.780. The number of aryl methyl sites for hydroxylation is 1. The molecule has 2 N–H and O–H groups in total. The summed E-state index contributed by atoms with van der Waals surface area (Å²) in [5.41, 5.74) is 7.77. The van der Waals surface area contributed by atoms with Crippen LogP contribution >= 0.6 is 22.6 Å². The van der Waals surface area contributed by atoms with Crippen molar-refractivity contribution in [1.82, 2.24) is 0 Å². The van der Waals surface area contributed by atoms with E-state index in [2.05, 4.69) is 27.3 Å². The highest BCUT2D eigenvalue weighted by molar-refractivity contribution is 14.1. The van der Waals surface area contributed by atoms with Crippen LogP contribution in [-0.2, 0) is 4.74 Å². The topological polar surface area (TPSA) is 52.3 Å². The van der Waals surface area contributed by atoms with Crippen molar-refractivity contribution in [1.29, 1.82) is 0 Å². The van der Waals surface area contributed by atoms with Crippen molar-refractivity contribution in [3.05, 3.63) is 26.8 Å². The molecule has 0 atom stereocenters. The van der Waals surface area contributed by atoms with Crippen molar-refractivity contribution in [2.24, 2.45) is 0 Å². The van der Waals surface area contributed by atoms with Crippen LogP contribution in [-0.4, -0.2) is 13.1 Å². The van der Waals surface area contributed by atoms with Crippen LogP contribution in [0.3, 0.4) is 0 Å². The smallest absolute Gasteiger partial charge is 0.339 e. The number of anilines is 1. The fraction of sp³-hybridized carbons (Fsp3) is 0.222. The Kier molecular flexibility index (Phi) is 3.13. The van der Waals surface area contributed by atoms with E-state index in [-0.39, 0.29) is 5.97 Å². The first-order valence-electron chi connectivity index (χ1n) is 3.70. The lowest BCUT2D eigenvalue weighted by Gasteiger charge is -2.06. The molecule has 0 aliphatic rings. The first kappa shape index (κ1) is 10.3. The van der Waals surface area contributed by atoms with Crippen molar-refractivity contribution >= 4 is 34.2 Å². The fourth-order valence-electron chi connectivity index (χ4n) is 0.956. The van der Waals surface area contributed by atoms with Crippen LogP contribution in [0, 0.1) is 10.5 Å². The summed E-state index contributed by atoms with van der Waals surface area (Å²) in [5.74, 6) is -0.351. The number of rotatable bonds is 1. The minimum atomic E-state index is -0.351. The van der Waals surface area contributed by atoms with Gasteiger partial charge in [-0.15, -0.1) is 0 Å². The number of nitrogens with two attached hydrogens (primary N) is 1. The molecule has 1 rings (SSSR count). The standard InChI is InChI=1S/C9H10INO2/c1-5-3-7(10)6(4-8(5)11)9(12)13-2/h3-4H,11H2,1-2H3. The number of benzene rings is 1. The van der Waals surface area contributed by atoms with E-state index in [4.69, 9.17) is 5.73 Å². The second-order valence-corrected chi connectivity index (χ2v) is 3.84. The van der Waals surface area contributed by atoms with Gasteiger partial charge in [0.2, 0.25) is 0 Å². The monoisotopic (exact) mass is 291 g/mol. The lowest BCUT2D eigenvalue weighted by molar-refractivity contribution is 0.0599. The molecule has 70 valence electrons. The number of carbonyl (C=O) groups excluding carboxylic acids is 1. The minimum Gasteiger partial charge on any atom is -0.465 e. The molecule has 0 aromatic heterocycles. The molecule has 0 saturated heterocycles. The minimum absolute atomic E-state index is 0.351. The molecule has 1 aromatic rings. The highest BCUT2D eigenvalue weighted by Crippen LogP contribution is 2.20. The van der Waals surface area contributed by atoms with Gasteiger partial charge in [-0.1, -0.05) is 0 Å². The van der Waals surface area contributed by atoms with Crippen LogP contribution in [0.5, 0.6) is 0 Å². The maximum absolute atomic E-state index is 11.2. The summed E-state index contributed by atoms with van der Waals surface area (Å²) in [6.07, 6.45) is 0. The molecular weight excluding hydrogens is 281 g/mol. The number of esters is 1. The van der Waals surface area contributed by atoms with Gasteiger partial charge in [0.05, 0.1) is 12.7 Å². The Bertz CT molecular complexity index is 350. The average molecular weight is 291 g/mol. The normalized spacial score (nSPS) is 9.77. The Morgan fingerprint density at radius 2 is 2.15 bits per heavy atom. The van der Waals surface area contributed by atoms with E-state index in [0.29, 0.717) is 11.3 Å². The zero-order valence-corrected chi connectivity index (χ0v) is 9.58. The van der Waals surface area contributed by atoms with E-state index in [9.17, 15) is 4.79 Å². The Labute approximate surface area is 90.4 Å². The maximum atomic E-state index is 11.2. The third kappa shape index (κ3) is 2.12. The largest absolute Gasteiger partial charge is 0.465 e. The summed E-state index contributed by atoms with van der Waals surface area (Å²) >= 11 is 2.08. The SMILES string of the molecule is COC(=O)c1cc(N)c(C)cc1I. The summed E-state index contributed by atoms with van der Waals surface area (Å²) in [5, 5.41) is 0. The Balaban J connectivity index is 3.23. The molecule has 0 spiro atoms. The molecule has 4 heteroatoms. The summed E-state index contributed by atoms with van der Waals surface area (Å²) in [6.45, 7) is 1.90. The molecule has 0 amide bonds. The van der Waals surface area contributed by atoms with Gasteiger partial charge >= 0.3 is 5.97 Å². The van der Waals surface area contributed by atoms with Crippen molar-refractivity contribution < 1.29 is 9.53 Å². The number of nitrogen functional groups attached to an aromatic ring is 1. The zero-order chi connectivity index (χ0) is 10.0. The number of carbonyl (C=O) groups is 1. The lowest BCUT2D eigenvalue weighted by Crippen LogP contribution is -2.05. The van der Waals surface area contributed by atoms with Gasteiger partial charge in [0.1, 0.15) is 0 Å². The van der Waals surface area contributed by atoms with Gasteiger partial charge < -0.3 is 10.5 Å². The van der Waals surface area contributed by atoms with Crippen LogP contribution in [0.4, 0.5) is 5.69 Å². The molecule has 0 fully saturated rings. The molecule has 0 saturated carbocycles. The first-order chi connectivity index (χ1) is 6.06. The van der Waals surface area contributed by atoms with E-state index < -0.39 is 0 Å². The Morgan fingerprint density at radius 1 is 1.54 bits per heavy atom. The molecule has 1 aromatic carbocycles. The number of hydrogen-bond donors (Lipinski definition) is 1. The molecular formula is C9H10INO2. The molecule has 0 unspecified atom stereocenters.